The van der Waals surface area contributed by atoms with Crippen molar-refractivity contribution in [2.24, 2.45) is 0 Å². The molecular formula is C15H21N3O2. The number of phenols is 1. The van der Waals surface area contributed by atoms with E-state index in [1.165, 1.54) is 0 Å². The molecule has 1 saturated heterocycles. The topological polar surface area (TPSA) is 68.5 Å². The smallest absolute Gasteiger partial charge is 0.162 e. The second kappa shape index (κ2) is 7.13. The van der Waals surface area contributed by atoms with Crippen LogP contribution in [0.2, 0.25) is 0 Å². The summed E-state index contributed by atoms with van der Waals surface area (Å²) in [6.07, 6.45) is 0.364. The first kappa shape index (κ1) is 14.6. The van der Waals surface area contributed by atoms with Gasteiger partial charge in [-0.15, -0.1) is 0 Å². The van der Waals surface area contributed by atoms with Crippen molar-refractivity contribution in [3.8, 4) is 17.6 Å². The molecule has 0 spiro atoms. The van der Waals surface area contributed by atoms with Crippen LogP contribution in [0.3, 0.4) is 0 Å². The Balaban J connectivity index is 2.28. The number of nitrogens with one attached hydrogen (secondary N) is 1. The number of ether oxygens (including phenoxy) is 1. The molecule has 1 fully saturated rings. The van der Waals surface area contributed by atoms with Crippen LogP contribution in [0.4, 0.5) is 0 Å². The van der Waals surface area contributed by atoms with E-state index in [9.17, 15) is 5.11 Å². The van der Waals surface area contributed by atoms with Gasteiger partial charge in [0.1, 0.15) is 0 Å². The minimum absolute atomic E-state index is 0.0810. The molecule has 1 aromatic carbocycles. The highest BCUT2D eigenvalue weighted by Crippen LogP contribution is 2.37. The third-order valence-corrected chi connectivity index (χ3v) is 3.57. The fourth-order valence-corrected chi connectivity index (χ4v) is 2.60. The van der Waals surface area contributed by atoms with E-state index >= 15 is 0 Å². The molecule has 0 aliphatic carbocycles. The highest BCUT2D eigenvalue weighted by Gasteiger charge is 2.25. The molecule has 5 nitrogen and oxygen atoms in total. The lowest BCUT2D eigenvalue weighted by molar-refractivity contribution is 0.172. The highest BCUT2D eigenvalue weighted by molar-refractivity contribution is 5.47. The van der Waals surface area contributed by atoms with Gasteiger partial charge in [0, 0.05) is 31.7 Å². The molecule has 108 valence electrons. The van der Waals surface area contributed by atoms with Gasteiger partial charge in [-0.3, -0.25) is 4.90 Å². The number of rotatable bonds is 5. The van der Waals surface area contributed by atoms with E-state index in [0.717, 1.165) is 31.7 Å². The van der Waals surface area contributed by atoms with Crippen LogP contribution in [0.15, 0.2) is 18.2 Å². The quantitative estimate of drug-likeness (QED) is 0.855. The number of para-hydroxylation sites is 1. The Bertz CT molecular complexity index is 478. The molecule has 0 aromatic heterocycles. The largest absolute Gasteiger partial charge is 0.504 e. The van der Waals surface area contributed by atoms with Crippen LogP contribution < -0.4 is 10.1 Å². The average molecular weight is 275 g/mol. The average Bonchev–Trinajstić information content (AvgIpc) is 2.49. The Morgan fingerprint density at radius 1 is 1.45 bits per heavy atom. The standard InChI is InChI=1S/C15H21N3O2/c1-2-20-14-5-3-4-12(15(14)19)13(6-7-16)18-10-8-17-9-11-18/h3-5,13,17,19H,2,6,8-11H2,1H3/t13-/m1/s1. The van der Waals surface area contributed by atoms with Gasteiger partial charge in [0.15, 0.2) is 11.5 Å². The first-order chi connectivity index (χ1) is 9.77. The van der Waals surface area contributed by atoms with Crippen LogP contribution in [0, 0.1) is 11.3 Å². The Hall–Kier alpha value is -1.77. The lowest BCUT2D eigenvalue weighted by atomic mass is 10.00. The predicted octanol–water partition coefficient (Wildman–Crippen LogP) is 1.65. The van der Waals surface area contributed by atoms with E-state index in [2.05, 4.69) is 16.3 Å². The maximum Gasteiger partial charge on any atom is 0.162 e. The van der Waals surface area contributed by atoms with E-state index in [1.54, 1.807) is 6.07 Å². The van der Waals surface area contributed by atoms with E-state index in [4.69, 9.17) is 10.00 Å². The van der Waals surface area contributed by atoms with Gasteiger partial charge in [0.25, 0.3) is 0 Å². The van der Waals surface area contributed by atoms with Gasteiger partial charge in [-0.05, 0) is 13.0 Å². The number of piperazine rings is 1. The van der Waals surface area contributed by atoms with Gasteiger partial charge in [0.2, 0.25) is 0 Å². The number of hydrogen-bond donors (Lipinski definition) is 2. The van der Waals surface area contributed by atoms with Gasteiger partial charge in [-0.1, -0.05) is 12.1 Å². The van der Waals surface area contributed by atoms with Crippen molar-refractivity contribution in [1.82, 2.24) is 10.2 Å². The van der Waals surface area contributed by atoms with Crippen LogP contribution >= 0.6 is 0 Å². The summed E-state index contributed by atoms with van der Waals surface area (Å²) in [5.74, 6) is 0.649. The molecule has 1 aliphatic heterocycles. The molecule has 0 bridgehead atoms. The molecule has 2 rings (SSSR count). The molecule has 2 N–H and O–H groups in total. The van der Waals surface area contributed by atoms with Crippen LogP contribution in [-0.4, -0.2) is 42.8 Å². The van der Waals surface area contributed by atoms with E-state index in [1.807, 2.05) is 19.1 Å². The number of benzene rings is 1. The molecule has 0 amide bonds. The van der Waals surface area contributed by atoms with Crippen LogP contribution in [0.25, 0.3) is 0 Å². The SMILES string of the molecule is CCOc1cccc([C@@H](CC#N)N2CCNCC2)c1O. The number of nitrogens with zero attached hydrogens (tertiary/aromatic N) is 2. The minimum Gasteiger partial charge on any atom is -0.504 e. The molecule has 0 saturated carbocycles. The number of hydrogen-bond acceptors (Lipinski definition) is 5. The van der Waals surface area contributed by atoms with Crippen LogP contribution in [0.1, 0.15) is 24.9 Å². The molecule has 1 aromatic rings. The molecular weight excluding hydrogens is 254 g/mol. The van der Waals surface area contributed by atoms with Gasteiger partial charge in [-0.25, -0.2) is 0 Å². The fourth-order valence-electron chi connectivity index (χ4n) is 2.60. The maximum absolute atomic E-state index is 10.4. The van der Waals surface area contributed by atoms with Crippen molar-refractivity contribution in [1.29, 1.82) is 5.26 Å². The number of aromatic hydroxyl groups is 1. The summed E-state index contributed by atoms with van der Waals surface area (Å²) >= 11 is 0. The normalized spacial score (nSPS) is 17.4. The lowest BCUT2D eigenvalue weighted by Crippen LogP contribution is -2.45. The number of phenolic OH excluding ortho intramolecular Hbond substituents is 1. The summed E-state index contributed by atoms with van der Waals surface area (Å²) in [5, 5.41) is 22.8. The molecule has 0 radical (unpaired) electrons. The van der Waals surface area contributed by atoms with Gasteiger partial charge >= 0.3 is 0 Å². The third-order valence-electron chi connectivity index (χ3n) is 3.57. The monoisotopic (exact) mass is 275 g/mol. The van der Waals surface area contributed by atoms with Crippen molar-refractivity contribution in [3.05, 3.63) is 23.8 Å². The molecule has 1 heterocycles. The molecule has 0 unspecified atom stereocenters. The first-order valence-electron chi connectivity index (χ1n) is 7.04. The van der Waals surface area contributed by atoms with Gasteiger partial charge in [0.05, 0.1) is 25.1 Å². The molecule has 1 atom stereocenters. The highest BCUT2D eigenvalue weighted by atomic mass is 16.5. The van der Waals surface area contributed by atoms with Crippen molar-refractivity contribution >= 4 is 0 Å². The van der Waals surface area contributed by atoms with Crippen LogP contribution in [-0.2, 0) is 0 Å². The van der Waals surface area contributed by atoms with Gasteiger partial charge in [-0.2, -0.15) is 5.26 Å². The molecule has 20 heavy (non-hydrogen) atoms. The van der Waals surface area contributed by atoms with Gasteiger partial charge < -0.3 is 15.2 Å². The zero-order valence-electron chi connectivity index (χ0n) is 11.8. The second-order valence-electron chi connectivity index (χ2n) is 4.79. The summed E-state index contributed by atoms with van der Waals surface area (Å²) in [6, 6.07) is 7.65. The van der Waals surface area contributed by atoms with Crippen molar-refractivity contribution in [2.75, 3.05) is 32.8 Å². The summed E-state index contributed by atoms with van der Waals surface area (Å²) in [6.45, 7) is 5.97. The zero-order chi connectivity index (χ0) is 14.4. The second-order valence-corrected chi connectivity index (χ2v) is 4.79. The van der Waals surface area contributed by atoms with Crippen LogP contribution in [0.5, 0.6) is 11.5 Å². The van der Waals surface area contributed by atoms with Crippen molar-refractivity contribution in [2.45, 2.75) is 19.4 Å². The van der Waals surface area contributed by atoms with Crippen molar-refractivity contribution < 1.29 is 9.84 Å². The van der Waals surface area contributed by atoms with E-state index in [0.29, 0.717) is 18.8 Å². The maximum atomic E-state index is 10.4. The fraction of sp³-hybridized carbons (Fsp3) is 0.533. The Labute approximate surface area is 119 Å². The summed E-state index contributed by atoms with van der Waals surface area (Å²) in [7, 11) is 0. The lowest BCUT2D eigenvalue weighted by Gasteiger charge is -2.34. The molecule has 5 heteroatoms. The summed E-state index contributed by atoms with van der Waals surface area (Å²) in [4.78, 5) is 2.24. The zero-order valence-corrected chi connectivity index (χ0v) is 11.8. The first-order valence-corrected chi connectivity index (χ1v) is 7.04. The van der Waals surface area contributed by atoms with Crippen molar-refractivity contribution in [3.63, 3.8) is 0 Å². The van der Waals surface area contributed by atoms with E-state index in [-0.39, 0.29) is 11.8 Å². The Morgan fingerprint density at radius 2 is 2.20 bits per heavy atom. The Morgan fingerprint density at radius 3 is 2.85 bits per heavy atom. The molecule has 1 aliphatic rings. The summed E-state index contributed by atoms with van der Waals surface area (Å²) in [5.41, 5.74) is 0.777. The minimum atomic E-state index is -0.0810. The summed E-state index contributed by atoms with van der Waals surface area (Å²) < 4.78 is 5.43. The predicted molar refractivity (Wildman–Crippen MR) is 76.7 cm³/mol. The van der Waals surface area contributed by atoms with E-state index < -0.39 is 0 Å². The third kappa shape index (κ3) is 3.21. The Kier molecular flexibility index (Phi) is 5.22. The number of nitriles is 1.